The van der Waals surface area contributed by atoms with Crippen molar-refractivity contribution in [3.8, 4) is 11.1 Å². The lowest BCUT2D eigenvalue weighted by atomic mass is 10.1. The quantitative estimate of drug-likeness (QED) is 0.642. The summed E-state index contributed by atoms with van der Waals surface area (Å²) in [6.07, 6.45) is 1.95. The van der Waals surface area contributed by atoms with Crippen molar-refractivity contribution in [2.24, 2.45) is 10.8 Å². The number of aromatic nitrogens is 1. The van der Waals surface area contributed by atoms with E-state index in [-0.39, 0.29) is 31.4 Å². The molecular weight excluding hydrogens is 445 g/mol. The zero-order valence-electron chi connectivity index (χ0n) is 18.5. The van der Waals surface area contributed by atoms with Gasteiger partial charge in [0.05, 0.1) is 31.9 Å². The molecule has 11 nitrogen and oxygen atoms in total. The molecule has 2 aromatic rings. The molecule has 0 aliphatic carbocycles. The minimum atomic E-state index is -0.594. The topological polar surface area (TPSA) is 133 Å². The average Bonchev–Trinajstić information content (AvgIpc) is 3.23. The van der Waals surface area contributed by atoms with E-state index in [1.165, 1.54) is 29.2 Å². The van der Waals surface area contributed by atoms with Gasteiger partial charge < -0.3 is 20.7 Å². The Morgan fingerprint density at radius 1 is 1.26 bits per heavy atom. The van der Waals surface area contributed by atoms with Gasteiger partial charge in [-0.15, -0.1) is 0 Å². The molecule has 3 heterocycles. The summed E-state index contributed by atoms with van der Waals surface area (Å²) in [6, 6.07) is 7.95. The lowest BCUT2D eigenvalue weighted by molar-refractivity contribution is -0.129. The van der Waals surface area contributed by atoms with Gasteiger partial charge in [0.15, 0.2) is 0 Å². The summed E-state index contributed by atoms with van der Waals surface area (Å²) in [4.78, 5) is 42.3. The highest BCUT2D eigenvalue weighted by molar-refractivity contribution is 5.90. The van der Waals surface area contributed by atoms with E-state index in [4.69, 9.17) is 10.5 Å². The molecule has 4 rings (SSSR count). The Morgan fingerprint density at radius 3 is 2.71 bits per heavy atom. The van der Waals surface area contributed by atoms with Crippen LogP contribution in [0.25, 0.3) is 11.1 Å². The third-order valence-electron chi connectivity index (χ3n) is 5.42. The average molecular weight is 469 g/mol. The summed E-state index contributed by atoms with van der Waals surface area (Å²) < 4.78 is 20.2. The molecule has 2 aliphatic heterocycles. The SMILES string of the molecule is CC(=O)NC[C@H]1CN(c2ccc(-c3ccc(N4C=NN(C(=O)CN)CC4)nc3)c(F)c2)C(=O)O1. The number of rotatable bonds is 6. The van der Waals surface area contributed by atoms with Crippen LogP contribution < -0.4 is 20.9 Å². The zero-order chi connectivity index (χ0) is 24.2. The maximum Gasteiger partial charge on any atom is 0.414 e. The standard InChI is InChI=1S/C22H24FN7O4/c1-14(31)25-11-17-12-29(22(33)34-17)16-3-4-18(19(23)8-16)15-2-5-20(26-10-15)28-6-7-30(27-13-28)21(32)9-24/h2-5,8,10,13,17H,6-7,9,11-12,24H2,1H3,(H,25,31)/t17-/m0/s1. The van der Waals surface area contributed by atoms with Crippen molar-refractivity contribution in [2.45, 2.75) is 13.0 Å². The van der Waals surface area contributed by atoms with Crippen molar-refractivity contribution in [3.63, 3.8) is 0 Å². The van der Waals surface area contributed by atoms with Crippen LogP contribution in [-0.2, 0) is 14.3 Å². The van der Waals surface area contributed by atoms with Crippen molar-refractivity contribution in [3.05, 3.63) is 42.3 Å². The number of amides is 3. The number of hydrogen-bond acceptors (Lipinski definition) is 8. The summed E-state index contributed by atoms with van der Waals surface area (Å²) in [5, 5.41) is 7.98. The fourth-order valence-corrected chi connectivity index (χ4v) is 3.63. The van der Waals surface area contributed by atoms with Gasteiger partial charge in [0.1, 0.15) is 24.1 Å². The lowest BCUT2D eigenvalue weighted by Gasteiger charge is -2.27. The Bertz CT molecular complexity index is 1120. The number of nitrogens with zero attached hydrogens (tertiary/aromatic N) is 5. The predicted octanol–water partition coefficient (Wildman–Crippen LogP) is 0.900. The fourth-order valence-electron chi connectivity index (χ4n) is 3.63. The Labute approximate surface area is 195 Å². The number of ether oxygens (including phenoxy) is 1. The molecule has 0 spiro atoms. The minimum Gasteiger partial charge on any atom is -0.442 e. The number of cyclic esters (lactones) is 1. The molecule has 0 unspecified atom stereocenters. The molecule has 2 aliphatic rings. The molecule has 34 heavy (non-hydrogen) atoms. The number of pyridine rings is 1. The Balaban J connectivity index is 1.44. The number of hydrogen-bond donors (Lipinski definition) is 2. The Morgan fingerprint density at radius 2 is 2.09 bits per heavy atom. The molecule has 178 valence electrons. The first-order valence-electron chi connectivity index (χ1n) is 10.7. The maximum atomic E-state index is 14.9. The number of carbonyl (C=O) groups excluding carboxylic acids is 3. The zero-order valence-corrected chi connectivity index (χ0v) is 18.5. The molecule has 3 amide bonds. The molecule has 1 saturated heterocycles. The van der Waals surface area contributed by atoms with Gasteiger partial charge in [-0.25, -0.2) is 19.2 Å². The summed E-state index contributed by atoms with van der Waals surface area (Å²) >= 11 is 0. The Kier molecular flexibility index (Phi) is 6.68. The van der Waals surface area contributed by atoms with E-state index in [1.54, 1.807) is 35.4 Å². The van der Waals surface area contributed by atoms with Crippen LogP contribution in [0.4, 0.5) is 20.7 Å². The van der Waals surface area contributed by atoms with Crippen molar-refractivity contribution in [1.82, 2.24) is 15.3 Å². The second-order valence-corrected chi connectivity index (χ2v) is 7.77. The van der Waals surface area contributed by atoms with Gasteiger partial charge in [0.25, 0.3) is 5.91 Å². The van der Waals surface area contributed by atoms with E-state index in [2.05, 4.69) is 15.4 Å². The first-order chi connectivity index (χ1) is 16.4. The molecule has 1 fully saturated rings. The van der Waals surface area contributed by atoms with Gasteiger partial charge in [-0.05, 0) is 30.3 Å². The maximum absolute atomic E-state index is 14.9. The van der Waals surface area contributed by atoms with Crippen LogP contribution in [0.1, 0.15) is 6.92 Å². The van der Waals surface area contributed by atoms with Crippen LogP contribution in [0.2, 0.25) is 0 Å². The lowest BCUT2D eigenvalue weighted by Crippen LogP contribution is -2.43. The van der Waals surface area contributed by atoms with Crippen molar-refractivity contribution in [1.29, 1.82) is 0 Å². The van der Waals surface area contributed by atoms with Crippen molar-refractivity contribution in [2.75, 3.05) is 42.5 Å². The summed E-state index contributed by atoms with van der Waals surface area (Å²) in [5.41, 5.74) is 6.61. The number of carbonyl (C=O) groups is 3. The van der Waals surface area contributed by atoms with Crippen LogP contribution in [0.3, 0.4) is 0 Å². The summed E-state index contributed by atoms with van der Waals surface area (Å²) in [7, 11) is 0. The summed E-state index contributed by atoms with van der Waals surface area (Å²) in [6.45, 7) is 2.56. The van der Waals surface area contributed by atoms with Gasteiger partial charge in [-0.3, -0.25) is 14.5 Å². The monoisotopic (exact) mass is 469 g/mol. The highest BCUT2D eigenvalue weighted by atomic mass is 19.1. The smallest absolute Gasteiger partial charge is 0.414 e. The fraction of sp³-hybridized carbons (Fsp3) is 0.318. The number of halogens is 1. The predicted molar refractivity (Wildman–Crippen MR) is 123 cm³/mol. The normalized spacial score (nSPS) is 17.7. The van der Waals surface area contributed by atoms with Gasteiger partial charge in [0, 0.05) is 30.8 Å². The largest absolute Gasteiger partial charge is 0.442 e. The molecule has 1 aromatic heterocycles. The second kappa shape index (κ2) is 9.83. The van der Waals surface area contributed by atoms with E-state index in [0.717, 1.165) is 0 Å². The minimum absolute atomic E-state index is 0.106. The number of nitrogens with one attached hydrogen (secondary N) is 1. The molecule has 3 N–H and O–H groups in total. The number of hydrazone groups is 1. The van der Waals surface area contributed by atoms with Crippen molar-refractivity contribution < 1.29 is 23.5 Å². The molecule has 0 saturated carbocycles. The third-order valence-corrected chi connectivity index (χ3v) is 5.42. The molecule has 1 atom stereocenters. The van der Waals surface area contributed by atoms with Gasteiger partial charge >= 0.3 is 6.09 Å². The van der Waals surface area contributed by atoms with E-state index < -0.39 is 18.0 Å². The van der Waals surface area contributed by atoms with E-state index in [0.29, 0.717) is 35.7 Å². The molecule has 1 aromatic carbocycles. The molecular formula is C22H24FN7O4. The van der Waals surface area contributed by atoms with Crippen LogP contribution in [0.5, 0.6) is 0 Å². The molecule has 0 radical (unpaired) electrons. The number of nitrogens with two attached hydrogens (primary N) is 1. The second-order valence-electron chi connectivity index (χ2n) is 7.77. The van der Waals surface area contributed by atoms with Gasteiger partial charge in [-0.2, -0.15) is 5.10 Å². The first kappa shape index (κ1) is 23.1. The summed E-state index contributed by atoms with van der Waals surface area (Å²) in [5.74, 6) is -0.389. The van der Waals surface area contributed by atoms with Gasteiger partial charge in [0.2, 0.25) is 5.91 Å². The van der Waals surface area contributed by atoms with Crippen LogP contribution in [0.15, 0.2) is 41.6 Å². The third kappa shape index (κ3) is 4.96. The highest BCUT2D eigenvalue weighted by Gasteiger charge is 2.32. The molecule has 12 heteroatoms. The Hall–Kier alpha value is -4.06. The van der Waals surface area contributed by atoms with Crippen LogP contribution in [0, 0.1) is 5.82 Å². The first-order valence-corrected chi connectivity index (χ1v) is 10.7. The van der Waals surface area contributed by atoms with Crippen LogP contribution >= 0.6 is 0 Å². The van der Waals surface area contributed by atoms with E-state index in [1.807, 2.05) is 0 Å². The number of benzene rings is 1. The van der Waals surface area contributed by atoms with E-state index in [9.17, 15) is 18.8 Å². The van der Waals surface area contributed by atoms with Crippen LogP contribution in [-0.4, -0.2) is 73.1 Å². The molecule has 0 bridgehead atoms. The van der Waals surface area contributed by atoms with Crippen molar-refractivity contribution >= 4 is 35.8 Å². The van der Waals surface area contributed by atoms with E-state index >= 15 is 0 Å². The number of anilines is 2. The highest BCUT2D eigenvalue weighted by Crippen LogP contribution is 2.29. The van der Waals surface area contributed by atoms with Gasteiger partial charge in [-0.1, -0.05) is 0 Å².